The van der Waals surface area contributed by atoms with E-state index in [1.54, 1.807) is 12.1 Å². The van der Waals surface area contributed by atoms with Gasteiger partial charge in [-0.05, 0) is 36.4 Å². The molecule has 0 unspecified atom stereocenters. The number of rotatable bonds is 6. The van der Waals surface area contributed by atoms with Crippen molar-refractivity contribution in [3.8, 4) is 17.3 Å². The molecular weight excluding hydrogens is 374 g/mol. The van der Waals surface area contributed by atoms with Crippen molar-refractivity contribution in [2.75, 3.05) is 11.1 Å². The largest absolute Gasteiger partial charge is 0.478 e. The van der Waals surface area contributed by atoms with Crippen LogP contribution in [0.2, 0.25) is 0 Å². The molecule has 0 saturated carbocycles. The summed E-state index contributed by atoms with van der Waals surface area (Å²) in [5, 5.41) is 21.4. The van der Waals surface area contributed by atoms with Crippen LogP contribution in [0.4, 0.5) is 5.69 Å². The standard InChI is InChI=1S/C21H15N3O3S/c22-12-16-8-11-18(14-4-2-1-3-5-14)24-20(16)28-13-19(25)23-17-9-6-15(7-10-17)21(26)27/h1-11H,13H2,(H,23,25)(H,26,27). The first kappa shape index (κ1) is 19.1. The summed E-state index contributed by atoms with van der Waals surface area (Å²) < 4.78 is 0. The van der Waals surface area contributed by atoms with E-state index < -0.39 is 5.97 Å². The average Bonchev–Trinajstić information content (AvgIpc) is 2.73. The Morgan fingerprint density at radius 3 is 2.39 bits per heavy atom. The summed E-state index contributed by atoms with van der Waals surface area (Å²) in [5.41, 5.74) is 2.71. The average molecular weight is 389 g/mol. The molecule has 0 spiro atoms. The summed E-state index contributed by atoms with van der Waals surface area (Å²) in [4.78, 5) is 27.6. The molecule has 0 aliphatic heterocycles. The number of nitriles is 1. The number of aromatic nitrogens is 1. The van der Waals surface area contributed by atoms with Gasteiger partial charge in [0.2, 0.25) is 5.91 Å². The number of hydrogen-bond acceptors (Lipinski definition) is 5. The van der Waals surface area contributed by atoms with Gasteiger partial charge in [-0.2, -0.15) is 5.26 Å². The molecule has 7 heteroatoms. The van der Waals surface area contributed by atoms with E-state index in [0.29, 0.717) is 16.3 Å². The van der Waals surface area contributed by atoms with Crippen molar-refractivity contribution in [2.45, 2.75) is 5.03 Å². The molecule has 138 valence electrons. The van der Waals surface area contributed by atoms with Crippen molar-refractivity contribution in [2.24, 2.45) is 0 Å². The monoisotopic (exact) mass is 389 g/mol. The molecule has 0 fully saturated rings. The quantitative estimate of drug-likeness (QED) is 0.617. The number of carboxylic acid groups (broad SMARTS) is 1. The molecule has 0 bridgehead atoms. The van der Waals surface area contributed by atoms with E-state index in [1.807, 2.05) is 30.3 Å². The third-order valence-corrected chi connectivity index (χ3v) is 4.80. The van der Waals surface area contributed by atoms with Gasteiger partial charge in [0.05, 0.1) is 22.6 Å². The number of hydrogen-bond donors (Lipinski definition) is 2. The van der Waals surface area contributed by atoms with Crippen molar-refractivity contribution in [1.82, 2.24) is 4.98 Å². The number of pyridine rings is 1. The molecule has 0 atom stereocenters. The van der Waals surface area contributed by atoms with Crippen molar-refractivity contribution in [3.05, 3.63) is 77.9 Å². The SMILES string of the molecule is N#Cc1ccc(-c2ccccc2)nc1SCC(=O)Nc1ccc(C(=O)O)cc1. The van der Waals surface area contributed by atoms with Crippen LogP contribution in [0, 0.1) is 11.3 Å². The van der Waals surface area contributed by atoms with E-state index in [-0.39, 0.29) is 17.2 Å². The fourth-order valence-corrected chi connectivity index (χ4v) is 3.20. The van der Waals surface area contributed by atoms with Crippen molar-refractivity contribution < 1.29 is 14.7 Å². The lowest BCUT2D eigenvalue weighted by Crippen LogP contribution is -2.14. The number of anilines is 1. The van der Waals surface area contributed by atoms with Gasteiger partial charge in [-0.25, -0.2) is 9.78 Å². The van der Waals surface area contributed by atoms with Gasteiger partial charge in [0, 0.05) is 11.3 Å². The summed E-state index contributed by atoms with van der Waals surface area (Å²) in [6.07, 6.45) is 0. The van der Waals surface area contributed by atoms with Crippen LogP contribution in [-0.2, 0) is 4.79 Å². The molecule has 6 nitrogen and oxygen atoms in total. The molecule has 2 N–H and O–H groups in total. The summed E-state index contributed by atoms with van der Waals surface area (Å²) in [5.74, 6) is -1.23. The molecule has 1 amide bonds. The number of nitrogens with zero attached hydrogens (tertiary/aromatic N) is 2. The highest BCUT2D eigenvalue weighted by molar-refractivity contribution is 8.00. The lowest BCUT2D eigenvalue weighted by atomic mass is 10.1. The van der Waals surface area contributed by atoms with E-state index in [9.17, 15) is 14.9 Å². The number of aromatic carboxylic acids is 1. The first-order valence-electron chi connectivity index (χ1n) is 8.29. The molecule has 3 rings (SSSR count). The normalized spacial score (nSPS) is 10.1. The van der Waals surface area contributed by atoms with E-state index in [2.05, 4.69) is 16.4 Å². The maximum absolute atomic E-state index is 12.2. The Morgan fingerprint density at radius 1 is 1.04 bits per heavy atom. The molecule has 3 aromatic rings. The number of benzene rings is 2. The smallest absolute Gasteiger partial charge is 0.335 e. The molecule has 0 saturated heterocycles. The minimum atomic E-state index is -1.03. The highest BCUT2D eigenvalue weighted by atomic mass is 32.2. The number of carbonyl (C=O) groups is 2. The van der Waals surface area contributed by atoms with Gasteiger partial charge >= 0.3 is 5.97 Å². The maximum atomic E-state index is 12.2. The third-order valence-electron chi connectivity index (χ3n) is 3.81. The third kappa shape index (κ3) is 4.75. The summed E-state index contributed by atoms with van der Waals surface area (Å²) >= 11 is 1.18. The summed E-state index contributed by atoms with van der Waals surface area (Å²) in [6.45, 7) is 0. The zero-order valence-electron chi connectivity index (χ0n) is 14.6. The second-order valence-electron chi connectivity index (χ2n) is 5.75. The van der Waals surface area contributed by atoms with Crippen molar-refractivity contribution in [1.29, 1.82) is 5.26 Å². The lowest BCUT2D eigenvalue weighted by molar-refractivity contribution is -0.113. The van der Waals surface area contributed by atoms with Gasteiger partial charge in [0.25, 0.3) is 0 Å². The van der Waals surface area contributed by atoms with Crippen LogP contribution in [0.1, 0.15) is 15.9 Å². The highest BCUT2D eigenvalue weighted by Gasteiger charge is 2.11. The second-order valence-corrected chi connectivity index (χ2v) is 6.71. The molecular formula is C21H15N3O3S. The van der Waals surface area contributed by atoms with Crippen molar-refractivity contribution in [3.63, 3.8) is 0 Å². The van der Waals surface area contributed by atoms with Crippen LogP contribution in [0.15, 0.2) is 71.8 Å². The lowest BCUT2D eigenvalue weighted by Gasteiger charge is -2.08. The fraction of sp³-hybridized carbons (Fsp3) is 0.0476. The van der Waals surface area contributed by atoms with Gasteiger partial charge < -0.3 is 10.4 Å². The van der Waals surface area contributed by atoms with Crippen LogP contribution < -0.4 is 5.32 Å². The van der Waals surface area contributed by atoms with Gasteiger partial charge in [0.15, 0.2) is 0 Å². The Kier molecular flexibility index (Phi) is 6.04. The van der Waals surface area contributed by atoms with Gasteiger partial charge in [-0.15, -0.1) is 0 Å². The molecule has 1 heterocycles. The zero-order valence-corrected chi connectivity index (χ0v) is 15.4. The number of carbonyl (C=O) groups excluding carboxylic acids is 1. The van der Waals surface area contributed by atoms with Crippen LogP contribution >= 0.6 is 11.8 Å². The van der Waals surface area contributed by atoms with E-state index in [1.165, 1.54) is 36.0 Å². The minimum absolute atomic E-state index is 0.0700. The number of amides is 1. The maximum Gasteiger partial charge on any atom is 0.335 e. The van der Waals surface area contributed by atoms with Crippen LogP contribution in [0.5, 0.6) is 0 Å². The highest BCUT2D eigenvalue weighted by Crippen LogP contribution is 2.25. The Morgan fingerprint density at radius 2 is 1.75 bits per heavy atom. The predicted octanol–water partition coefficient (Wildman–Crippen LogP) is 4.05. The Balaban J connectivity index is 1.68. The number of carboxylic acids is 1. The Bertz CT molecular complexity index is 1040. The molecule has 0 radical (unpaired) electrons. The fourth-order valence-electron chi connectivity index (χ4n) is 2.43. The topological polar surface area (TPSA) is 103 Å². The second kappa shape index (κ2) is 8.84. The summed E-state index contributed by atoms with van der Waals surface area (Å²) in [7, 11) is 0. The van der Waals surface area contributed by atoms with E-state index in [0.717, 1.165) is 11.3 Å². The molecule has 28 heavy (non-hydrogen) atoms. The van der Waals surface area contributed by atoms with Crippen molar-refractivity contribution >= 4 is 29.3 Å². The molecule has 2 aromatic carbocycles. The summed E-state index contributed by atoms with van der Waals surface area (Å²) in [6, 6.07) is 21.0. The van der Waals surface area contributed by atoms with Gasteiger partial charge in [-0.3, -0.25) is 4.79 Å². The Labute approximate surface area is 165 Å². The molecule has 1 aromatic heterocycles. The number of nitrogens with one attached hydrogen (secondary N) is 1. The van der Waals surface area contributed by atoms with Crippen LogP contribution in [0.3, 0.4) is 0 Å². The van der Waals surface area contributed by atoms with E-state index in [4.69, 9.17) is 5.11 Å². The Hall–Kier alpha value is -3.63. The minimum Gasteiger partial charge on any atom is -0.478 e. The van der Waals surface area contributed by atoms with Crippen LogP contribution in [-0.4, -0.2) is 27.7 Å². The molecule has 0 aliphatic rings. The first-order chi connectivity index (χ1) is 13.6. The predicted molar refractivity (Wildman–Crippen MR) is 107 cm³/mol. The van der Waals surface area contributed by atoms with Gasteiger partial charge in [-0.1, -0.05) is 42.1 Å². The number of thioether (sulfide) groups is 1. The van der Waals surface area contributed by atoms with Crippen LogP contribution in [0.25, 0.3) is 11.3 Å². The van der Waals surface area contributed by atoms with E-state index >= 15 is 0 Å². The zero-order chi connectivity index (χ0) is 19.9. The molecule has 0 aliphatic carbocycles. The van der Waals surface area contributed by atoms with Gasteiger partial charge in [0.1, 0.15) is 11.1 Å². The first-order valence-corrected chi connectivity index (χ1v) is 9.28.